The van der Waals surface area contributed by atoms with Gasteiger partial charge in [-0.25, -0.2) is 0 Å². The van der Waals surface area contributed by atoms with Crippen LogP contribution in [0, 0.1) is 5.92 Å². The molecule has 0 N–H and O–H groups in total. The Labute approximate surface area is 129 Å². The molecule has 0 aromatic heterocycles. The summed E-state index contributed by atoms with van der Waals surface area (Å²) in [5, 5.41) is 3.66. The van der Waals surface area contributed by atoms with Crippen LogP contribution in [0.4, 0.5) is 0 Å². The third-order valence-electron chi connectivity index (χ3n) is 5.00. The topological polar surface area (TPSA) is 18.5 Å². The van der Waals surface area contributed by atoms with E-state index in [-0.39, 0.29) is 5.04 Å². The van der Waals surface area contributed by atoms with E-state index in [9.17, 15) is 0 Å². The molecular formula is C18H26O2Si. The highest BCUT2D eigenvalue weighted by molar-refractivity contribution is 6.83. The van der Waals surface area contributed by atoms with Gasteiger partial charge in [-0.15, -0.1) is 0 Å². The summed E-state index contributed by atoms with van der Waals surface area (Å²) in [5.41, 5.74) is 0. The molecule has 0 atom stereocenters. The fraction of sp³-hybridized carbons (Fsp3) is 0.444. The van der Waals surface area contributed by atoms with Crippen LogP contribution in [0.3, 0.4) is 0 Å². The first-order valence-electron chi connectivity index (χ1n) is 7.48. The number of rotatable bonds is 5. The molecule has 114 valence electrons. The maximum absolute atomic E-state index is 6.06. The predicted molar refractivity (Wildman–Crippen MR) is 92.2 cm³/mol. The van der Waals surface area contributed by atoms with Crippen LogP contribution in [0.25, 0.3) is 10.8 Å². The van der Waals surface area contributed by atoms with Crippen LogP contribution < -0.4 is 5.19 Å². The molecule has 0 bridgehead atoms. The molecule has 2 aromatic carbocycles. The highest BCUT2D eigenvalue weighted by Crippen LogP contribution is 2.44. The van der Waals surface area contributed by atoms with Crippen LogP contribution in [-0.2, 0) is 8.85 Å². The summed E-state index contributed by atoms with van der Waals surface area (Å²) in [6.45, 7) is 8.99. The number of benzene rings is 2. The van der Waals surface area contributed by atoms with E-state index in [1.807, 2.05) is 0 Å². The summed E-state index contributed by atoms with van der Waals surface area (Å²) < 4.78 is 12.1. The van der Waals surface area contributed by atoms with Crippen LogP contribution in [0.15, 0.2) is 42.5 Å². The van der Waals surface area contributed by atoms with E-state index in [4.69, 9.17) is 8.85 Å². The SMILES string of the molecule is CO[Si](OC)(c1ccc2ccccc2c1)C(C)(C)C(C)C. The van der Waals surface area contributed by atoms with Gasteiger partial charge in [-0.3, -0.25) is 0 Å². The second-order valence-corrected chi connectivity index (χ2v) is 10.4. The summed E-state index contributed by atoms with van der Waals surface area (Å²) in [6.07, 6.45) is 0. The van der Waals surface area contributed by atoms with Crippen LogP contribution in [0.1, 0.15) is 27.7 Å². The minimum atomic E-state index is -2.53. The Hall–Kier alpha value is -1.16. The van der Waals surface area contributed by atoms with Gasteiger partial charge in [0.2, 0.25) is 0 Å². The lowest BCUT2D eigenvalue weighted by Gasteiger charge is -2.44. The van der Waals surface area contributed by atoms with E-state index < -0.39 is 8.56 Å². The quantitative estimate of drug-likeness (QED) is 0.770. The molecule has 0 aliphatic heterocycles. The smallest absolute Gasteiger partial charge is 0.378 e. The maximum atomic E-state index is 6.06. The fourth-order valence-corrected chi connectivity index (χ4v) is 6.83. The van der Waals surface area contributed by atoms with Gasteiger partial charge in [-0.1, -0.05) is 70.2 Å². The molecule has 21 heavy (non-hydrogen) atoms. The lowest BCUT2D eigenvalue weighted by Crippen LogP contribution is -2.61. The van der Waals surface area contributed by atoms with Gasteiger partial charge in [0.15, 0.2) is 0 Å². The maximum Gasteiger partial charge on any atom is 0.378 e. The van der Waals surface area contributed by atoms with E-state index in [1.54, 1.807) is 14.2 Å². The second-order valence-electron chi connectivity index (χ2n) is 6.46. The first-order valence-corrected chi connectivity index (χ1v) is 9.30. The molecule has 0 radical (unpaired) electrons. The molecule has 2 nitrogen and oxygen atoms in total. The third-order valence-corrected chi connectivity index (χ3v) is 9.49. The molecular weight excluding hydrogens is 276 g/mol. The Bertz CT molecular complexity index is 615. The van der Waals surface area contributed by atoms with Crippen molar-refractivity contribution in [3.8, 4) is 0 Å². The lowest BCUT2D eigenvalue weighted by molar-refractivity contribution is 0.207. The molecule has 0 saturated carbocycles. The first kappa shape index (κ1) is 16.2. The predicted octanol–water partition coefficient (Wildman–Crippen LogP) is 4.22. The lowest BCUT2D eigenvalue weighted by atomic mass is 9.99. The Morgan fingerprint density at radius 2 is 1.48 bits per heavy atom. The molecule has 2 rings (SSSR count). The monoisotopic (exact) mass is 302 g/mol. The van der Waals surface area contributed by atoms with E-state index >= 15 is 0 Å². The summed E-state index contributed by atoms with van der Waals surface area (Å²) in [7, 11) is 1.05. The van der Waals surface area contributed by atoms with Crippen LogP contribution in [-0.4, -0.2) is 22.8 Å². The van der Waals surface area contributed by atoms with Crippen molar-refractivity contribution in [1.29, 1.82) is 0 Å². The summed E-state index contributed by atoms with van der Waals surface area (Å²) in [4.78, 5) is 0. The summed E-state index contributed by atoms with van der Waals surface area (Å²) in [5.74, 6) is 0.468. The highest BCUT2D eigenvalue weighted by atomic mass is 28.4. The number of fused-ring (bicyclic) bond motifs is 1. The number of hydrogen-bond donors (Lipinski definition) is 0. The van der Waals surface area contributed by atoms with Crippen molar-refractivity contribution in [3.63, 3.8) is 0 Å². The van der Waals surface area contributed by atoms with Crippen molar-refractivity contribution in [1.82, 2.24) is 0 Å². The molecule has 0 unspecified atom stereocenters. The van der Waals surface area contributed by atoms with Gasteiger partial charge in [0, 0.05) is 19.3 Å². The van der Waals surface area contributed by atoms with Crippen molar-refractivity contribution < 1.29 is 8.85 Å². The van der Waals surface area contributed by atoms with Crippen molar-refractivity contribution in [2.45, 2.75) is 32.7 Å². The molecule has 0 spiro atoms. The molecule has 0 saturated heterocycles. The van der Waals surface area contributed by atoms with Crippen molar-refractivity contribution >= 4 is 24.5 Å². The highest BCUT2D eigenvalue weighted by Gasteiger charge is 2.54. The normalized spacial score (nSPS) is 13.1. The summed E-state index contributed by atoms with van der Waals surface area (Å²) >= 11 is 0. The van der Waals surface area contributed by atoms with Gasteiger partial charge in [0.25, 0.3) is 0 Å². The van der Waals surface area contributed by atoms with Gasteiger partial charge in [-0.05, 0) is 21.9 Å². The largest absolute Gasteiger partial charge is 0.394 e. The minimum absolute atomic E-state index is 0.0288. The van der Waals surface area contributed by atoms with Crippen LogP contribution in [0.5, 0.6) is 0 Å². The Kier molecular flexibility index (Phi) is 4.56. The third kappa shape index (κ3) is 2.54. The van der Waals surface area contributed by atoms with Gasteiger partial charge in [-0.2, -0.15) is 0 Å². The zero-order valence-corrected chi connectivity index (χ0v) is 14.9. The van der Waals surface area contributed by atoms with E-state index in [0.29, 0.717) is 5.92 Å². The zero-order valence-electron chi connectivity index (χ0n) is 13.9. The average Bonchev–Trinajstić information content (AvgIpc) is 2.48. The summed E-state index contributed by atoms with van der Waals surface area (Å²) in [6, 6.07) is 15.0. The second kappa shape index (κ2) is 5.91. The van der Waals surface area contributed by atoms with Crippen molar-refractivity contribution in [3.05, 3.63) is 42.5 Å². The Morgan fingerprint density at radius 1 is 0.905 bits per heavy atom. The molecule has 0 fully saturated rings. The average molecular weight is 302 g/mol. The van der Waals surface area contributed by atoms with E-state index in [1.165, 1.54) is 16.0 Å². The first-order chi connectivity index (χ1) is 9.89. The molecule has 2 aromatic rings. The van der Waals surface area contributed by atoms with Gasteiger partial charge >= 0.3 is 8.56 Å². The standard InChI is InChI=1S/C18H26O2Si/c1-14(2)18(3,4)21(19-5,20-6)17-12-11-15-9-7-8-10-16(15)13-17/h7-14H,1-6H3. The van der Waals surface area contributed by atoms with Gasteiger partial charge in [0.1, 0.15) is 0 Å². The van der Waals surface area contributed by atoms with Gasteiger partial charge < -0.3 is 8.85 Å². The molecule has 0 heterocycles. The minimum Gasteiger partial charge on any atom is -0.394 e. The van der Waals surface area contributed by atoms with Gasteiger partial charge in [0.05, 0.1) is 0 Å². The van der Waals surface area contributed by atoms with Crippen molar-refractivity contribution in [2.75, 3.05) is 14.2 Å². The zero-order chi connectivity index (χ0) is 15.7. The molecule has 0 aliphatic carbocycles. The number of hydrogen-bond acceptors (Lipinski definition) is 2. The van der Waals surface area contributed by atoms with Crippen LogP contribution in [0.2, 0.25) is 5.04 Å². The van der Waals surface area contributed by atoms with E-state index in [0.717, 1.165) is 0 Å². The Morgan fingerprint density at radius 3 is 2.00 bits per heavy atom. The van der Waals surface area contributed by atoms with Crippen molar-refractivity contribution in [2.24, 2.45) is 5.92 Å². The fourth-order valence-electron chi connectivity index (χ4n) is 2.99. The Balaban J connectivity index is 2.65. The molecule has 0 amide bonds. The van der Waals surface area contributed by atoms with Crippen LogP contribution >= 0.6 is 0 Å². The molecule has 0 aliphatic rings. The van der Waals surface area contributed by atoms with E-state index in [2.05, 4.69) is 70.2 Å². The molecule has 3 heteroatoms.